The monoisotopic (exact) mass is 309 g/mol. The van der Waals surface area contributed by atoms with Crippen LogP contribution in [0.25, 0.3) is 0 Å². The van der Waals surface area contributed by atoms with E-state index >= 15 is 0 Å². The first kappa shape index (κ1) is 15.6. The van der Waals surface area contributed by atoms with Gasteiger partial charge in [0, 0.05) is 23.8 Å². The lowest BCUT2D eigenvalue weighted by Gasteiger charge is -2.05. The summed E-state index contributed by atoms with van der Waals surface area (Å²) in [5.41, 5.74) is 0. The lowest BCUT2D eigenvalue weighted by Crippen LogP contribution is -2.23. The van der Waals surface area contributed by atoms with Gasteiger partial charge >= 0.3 is 0 Å². The normalized spacial score (nSPS) is 11.3. The number of hydrogen-bond acceptors (Lipinski definition) is 5. The maximum atomic E-state index is 4.30. The second-order valence-electron chi connectivity index (χ2n) is 5.23. The molecule has 0 spiro atoms. The maximum absolute atomic E-state index is 4.30. The Labute approximate surface area is 129 Å². The van der Waals surface area contributed by atoms with Gasteiger partial charge in [-0.3, -0.25) is 0 Å². The molecule has 0 aliphatic carbocycles. The van der Waals surface area contributed by atoms with Crippen LogP contribution in [0.1, 0.15) is 41.6 Å². The highest BCUT2D eigenvalue weighted by Gasteiger charge is 2.04. The summed E-state index contributed by atoms with van der Waals surface area (Å²) in [4.78, 5) is 1.47. The molecule has 2 aromatic heterocycles. The lowest BCUT2D eigenvalue weighted by molar-refractivity contribution is 0.569. The summed E-state index contributed by atoms with van der Waals surface area (Å²) < 4.78 is 0. The van der Waals surface area contributed by atoms with Gasteiger partial charge in [0.2, 0.25) is 0 Å². The van der Waals surface area contributed by atoms with E-state index in [1.807, 2.05) is 11.3 Å². The summed E-state index contributed by atoms with van der Waals surface area (Å²) in [5, 5.41) is 16.5. The Morgan fingerprint density at radius 1 is 1.10 bits per heavy atom. The Morgan fingerprint density at radius 2 is 1.85 bits per heavy atom. The predicted octanol–water partition coefficient (Wildman–Crippen LogP) is 3.71. The van der Waals surface area contributed by atoms with Crippen molar-refractivity contribution in [3.8, 4) is 0 Å². The molecule has 0 amide bonds. The van der Waals surface area contributed by atoms with Gasteiger partial charge in [0.25, 0.3) is 0 Å². The first-order valence-corrected chi connectivity index (χ1v) is 9.00. The smallest absolute Gasteiger partial charge is 0.117 e. The summed E-state index contributed by atoms with van der Waals surface area (Å²) in [6.07, 6.45) is 5.57. The average Bonchev–Trinajstić information content (AvgIpc) is 3.06. The van der Waals surface area contributed by atoms with E-state index in [4.69, 9.17) is 0 Å². The summed E-state index contributed by atoms with van der Waals surface area (Å²) in [5.74, 6) is 0. The molecule has 0 radical (unpaired) electrons. The molecule has 0 saturated heterocycles. The Balaban J connectivity index is 1.64. The van der Waals surface area contributed by atoms with E-state index in [-0.39, 0.29) is 0 Å². The molecule has 3 nitrogen and oxygen atoms in total. The number of thiophene rings is 1. The molecule has 2 heterocycles. The molecule has 0 aromatic carbocycles. The highest BCUT2D eigenvalue weighted by Crippen LogP contribution is 2.16. The van der Waals surface area contributed by atoms with Crippen molar-refractivity contribution in [2.75, 3.05) is 6.54 Å². The third-order valence-electron chi connectivity index (χ3n) is 3.02. The van der Waals surface area contributed by atoms with Gasteiger partial charge in [0.1, 0.15) is 10.0 Å². The molecule has 0 bridgehead atoms. The first-order valence-electron chi connectivity index (χ1n) is 7.31. The zero-order valence-corrected chi connectivity index (χ0v) is 13.9. The van der Waals surface area contributed by atoms with Crippen molar-refractivity contribution < 1.29 is 0 Å². The maximum Gasteiger partial charge on any atom is 0.117 e. The molecule has 0 atom stereocenters. The third-order valence-corrected chi connectivity index (χ3v) is 5.00. The predicted molar refractivity (Wildman–Crippen MR) is 87.7 cm³/mol. The second kappa shape index (κ2) is 8.49. The number of aromatic nitrogens is 2. The minimum absolute atomic E-state index is 0.567. The molecule has 20 heavy (non-hydrogen) atoms. The van der Waals surface area contributed by atoms with Crippen molar-refractivity contribution in [3.63, 3.8) is 0 Å². The van der Waals surface area contributed by atoms with E-state index in [0.717, 1.165) is 32.2 Å². The Morgan fingerprint density at radius 3 is 2.50 bits per heavy atom. The molecule has 5 heteroatoms. The number of nitrogens with zero attached hydrogens (tertiary/aromatic N) is 2. The number of rotatable bonds is 9. The van der Waals surface area contributed by atoms with Crippen LogP contribution < -0.4 is 5.32 Å². The minimum Gasteiger partial charge on any atom is -0.315 e. The molecule has 0 aliphatic rings. The van der Waals surface area contributed by atoms with Crippen molar-refractivity contribution in [2.24, 2.45) is 0 Å². The molecular formula is C15H23N3S2. The molecule has 2 aromatic rings. The Kier molecular flexibility index (Phi) is 6.63. The van der Waals surface area contributed by atoms with Crippen LogP contribution in [0.4, 0.5) is 0 Å². The Hall–Kier alpha value is -0.780. The van der Waals surface area contributed by atoms with Crippen LogP contribution in [-0.4, -0.2) is 22.8 Å². The van der Waals surface area contributed by atoms with Crippen molar-refractivity contribution in [1.82, 2.24) is 15.5 Å². The fourth-order valence-electron chi connectivity index (χ4n) is 1.99. The van der Waals surface area contributed by atoms with Crippen LogP contribution in [0, 0.1) is 0 Å². The van der Waals surface area contributed by atoms with Gasteiger partial charge in [0.15, 0.2) is 0 Å². The molecule has 0 fully saturated rings. The third kappa shape index (κ3) is 5.69. The van der Waals surface area contributed by atoms with Crippen molar-refractivity contribution in [3.05, 3.63) is 32.4 Å². The fourth-order valence-corrected chi connectivity index (χ4v) is 3.67. The SMILES string of the molecule is CC(C)NCCCc1nnc(CCCc2cccs2)s1. The zero-order chi connectivity index (χ0) is 14.2. The van der Waals surface area contributed by atoms with Crippen LogP contribution in [0.5, 0.6) is 0 Å². The van der Waals surface area contributed by atoms with Crippen LogP contribution in [-0.2, 0) is 19.3 Å². The van der Waals surface area contributed by atoms with Gasteiger partial charge in [-0.2, -0.15) is 0 Å². The fraction of sp³-hybridized carbons (Fsp3) is 0.600. The van der Waals surface area contributed by atoms with E-state index in [9.17, 15) is 0 Å². The summed E-state index contributed by atoms with van der Waals surface area (Å²) >= 11 is 3.62. The van der Waals surface area contributed by atoms with Gasteiger partial charge in [-0.1, -0.05) is 19.9 Å². The van der Waals surface area contributed by atoms with Crippen LogP contribution in [0.2, 0.25) is 0 Å². The summed E-state index contributed by atoms with van der Waals surface area (Å²) in [6.45, 7) is 5.41. The highest BCUT2D eigenvalue weighted by atomic mass is 32.1. The second-order valence-corrected chi connectivity index (χ2v) is 7.41. The molecule has 1 N–H and O–H groups in total. The van der Waals surface area contributed by atoms with Crippen LogP contribution in [0.15, 0.2) is 17.5 Å². The van der Waals surface area contributed by atoms with Crippen molar-refractivity contribution in [1.29, 1.82) is 0 Å². The first-order chi connectivity index (χ1) is 9.74. The van der Waals surface area contributed by atoms with Crippen LogP contribution in [0.3, 0.4) is 0 Å². The van der Waals surface area contributed by atoms with Crippen molar-refractivity contribution >= 4 is 22.7 Å². The van der Waals surface area contributed by atoms with Gasteiger partial charge < -0.3 is 5.32 Å². The largest absolute Gasteiger partial charge is 0.315 e. The Bertz CT molecular complexity index is 477. The van der Waals surface area contributed by atoms with E-state index in [2.05, 4.69) is 46.9 Å². The summed E-state index contributed by atoms with van der Waals surface area (Å²) in [6, 6.07) is 4.89. The van der Waals surface area contributed by atoms with Gasteiger partial charge in [0.05, 0.1) is 0 Å². The molecular weight excluding hydrogens is 286 g/mol. The van der Waals surface area contributed by atoms with Gasteiger partial charge in [-0.05, 0) is 37.3 Å². The van der Waals surface area contributed by atoms with Gasteiger partial charge in [-0.15, -0.1) is 32.9 Å². The molecule has 0 unspecified atom stereocenters. The number of nitrogens with one attached hydrogen (secondary N) is 1. The standard InChI is InChI=1S/C15H23N3S2/c1-12(2)16-10-4-9-15-18-17-14(20-15)8-3-6-13-7-5-11-19-13/h5,7,11-12,16H,3-4,6,8-10H2,1-2H3. The lowest BCUT2D eigenvalue weighted by atomic mass is 10.2. The van der Waals surface area contributed by atoms with Gasteiger partial charge in [-0.25, -0.2) is 0 Å². The van der Waals surface area contributed by atoms with E-state index in [1.165, 1.54) is 21.3 Å². The summed E-state index contributed by atoms with van der Waals surface area (Å²) in [7, 11) is 0. The average molecular weight is 310 g/mol. The zero-order valence-electron chi connectivity index (χ0n) is 12.3. The molecule has 2 rings (SSSR count). The topological polar surface area (TPSA) is 37.8 Å². The van der Waals surface area contributed by atoms with E-state index in [1.54, 1.807) is 11.3 Å². The number of hydrogen-bond donors (Lipinski definition) is 1. The number of aryl methyl sites for hydroxylation is 3. The van der Waals surface area contributed by atoms with E-state index < -0.39 is 0 Å². The van der Waals surface area contributed by atoms with E-state index in [0.29, 0.717) is 6.04 Å². The molecule has 0 aliphatic heterocycles. The highest BCUT2D eigenvalue weighted by molar-refractivity contribution is 7.11. The molecule has 110 valence electrons. The quantitative estimate of drug-likeness (QED) is 0.718. The minimum atomic E-state index is 0.567. The molecule has 0 saturated carbocycles. The van der Waals surface area contributed by atoms with Crippen LogP contribution >= 0.6 is 22.7 Å². The van der Waals surface area contributed by atoms with Crippen molar-refractivity contribution in [2.45, 2.75) is 52.0 Å².